The van der Waals surface area contributed by atoms with E-state index in [0.717, 1.165) is 27.1 Å². The van der Waals surface area contributed by atoms with E-state index in [9.17, 15) is 0 Å². The van der Waals surface area contributed by atoms with Gasteiger partial charge in [0.1, 0.15) is 18.3 Å². The van der Waals surface area contributed by atoms with Gasteiger partial charge in [0.15, 0.2) is 23.6 Å². The molecule has 2 fully saturated rings. The maximum absolute atomic E-state index is 6.32. The fourth-order valence-corrected chi connectivity index (χ4v) is 4.52. The fourth-order valence-electron chi connectivity index (χ4n) is 4.12. The van der Waals surface area contributed by atoms with Gasteiger partial charge in [0, 0.05) is 17.6 Å². The highest BCUT2D eigenvalue weighted by Gasteiger charge is 2.55. The van der Waals surface area contributed by atoms with Crippen molar-refractivity contribution in [3.8, 4) is 11.5 Å². The topological polar surface area (TPSA) is 67.4 Å². The molecule has 2 aromatic carbocycles. The molecule has 2 saturated heterocycles. The van der Waals surface area contributed by atoms with Crippen molar-refractivity contribution >= 4 is 15.9 Å². The highest BCUT2D eigenvalue weighted by atomic mass is 79.9. The average molecular weight is 492 g/mol. The molecular weight excluding hydrogens is 466 g/mol. The van der Waals surface area contributed by atoms with Crippen LogP contribution in [0.3, 0.4) is 0 Å². The number of rotatable bonds is 7. The highest BCUT2D eigenvalue weighted by molar-refractivity contribution is 9.10. The molecular formula is C23H26BrNO6. The summed E-state index contributed by atoms with van der Waals surface area (Å²) >= 11 is 3.59. The third-order valence-electron chi connectivity index (χ3n) is 5.59. The van der Waals surface area contributed by atoms with Crippen LogP contribution in [0.4, 0.5) is 0 Å². The van der Waals surface area contributed by atoms with Crippen LogP contribution in [-0.4, -0.2) is 43.7 Å². The maximum atomic E-state index is 6.32. The summed E-state index contributed by atoms with van der Waals surface area (Å²) in [6.07, 6.45) is -1.14. The Labute approximate surface area is 190 Å². The van der Waals surface area contributed by atoms with Gasteiger partial charge in [-0.2, -0.15) is 0 Å². The van der Waals surface area contributed by atoms with E-state index < -0.39 is 12.1 Å². The largest absolute Gasteiger partial charge is 0.454 e. The fraction of sp³-hybridized carbons (Fsp3) is 0.478. The first-order valence-corrected chi connectivity index (χ1v) is 11.2. The quantitative estimate of drug-likeness (QED) is 0.632. The van der Waals surface area contributed by atoms with Crippen LogP contribution in [0.15, 0.2) is 46.9 Å². The number of ether oxygens (including phenoxy) is 6. The summed E-state index contributed by atoms with van der Waals surface area (Å²) < 4.78 is 36.4. The second kappa shape index (κ2) is 8.69. The Kier molecular flexibility index (Phi) is 5.94. The van der Waals surface area contributed by atoms with Crippen molar-refractivity contribution in [2.45, 2.75) is 57.4 Å². The van der Waals surface area contributed by atoms with Gasteiger partial charge >= 0.3 is 0 Å². The Balaban J connectivity index is 1.22. The molecule has 3 heterocycles. The Morgan fingerprint density at radius 1 is 1.10 bits per heavy atom. The normalized spacial score (nSPS) is 28.1. The molecule has 0 bridgehead atoms. The average Bonchev–Trinajstić information content (AvgIpc) is 3.40. The van der Waals surface area contributed by atoms with E-state index in [4.69, 9.17) is 28.4 Å². The molecule has 166 valence electrons. The SMILES string of the molecule is CC1(C)O[C@H]2O[C@H](CNCc3ccc4c(c3)OCO4)[C@H](OCc3ccccc3Br)[C@H]2O1. The van der Waals surface area contributed by atoms with Crippen molar-refractivity contribution in [2.24, 2.45) is 0 Å². The Morgan fingerprint density at radius 3 is 2.81 bits per heavy atom. The lowest BCUT2D eigenvalue weighted by molar-refractivity contribution is -0.218. The van der Waals surface area contributed by atoms with Crippen molar-refractivity contribution in [3.05, 3.63) is 58.1 Å². The zero-order valence-corrected chi connectivity index (χ0v) is 19.1. The van der Waals surface area contributed by atoms with Crippen molar-refractivity contribution in [3.63, 3.8) is 0 Å². The van der Waals surface area contributed by atoms with Crippen molar-refractivity contribution < 1.29 is 28.4 Å². The first-order chi connectivity index (χ1) is 15.0. The maximum Gasteiger partial charge on any atom is 0.231 e. The van der Waals surface area contributed by atoms with Crippen molar-refractivity contribution in [2.75, 3.05) is 13.3 Å². The molecule has 2 aromatic rings. The smallest absolute Gasteiger partial charge is 0.231 e. The van der Waals surface area contributed by atoms with Gasteiger partial charge in [0.25, 0.3) is 0 Å². The van der Waals surface area contributed by atoms with Crippen LogP contribution in [0.2, 0.25) is 0 Å². The summed E-state index contributed by atoms with van der Waals surface area (Å²) in [7, 11) is 0. The lowest BCUT2D eigenvalue weighted by Crippen LogP contribution is -2.41. The minimum Gasteiger partial charge on any atom is -0.454 e. The van der Waals surface area contributed by atoms with Crippen LogP contribution < -0.4 is 14.8 Å². The molecule has 7 nitrogen and oxygen atoms in total. The molecule has 0 spiro atoms. The Bertz CT molecular complexity index is 938. The zero-order chi connectivity index (χ0) is 21.4. The number of fused-ring (bicyclic) bond motifs is 2. The minimum absolute atomic E-state index is 0.192. The zero-order valence-electron chi connectivity index (χ0n) is 17.5. The summed E-state index contributed by atoms with van der Waals surface area (Å²) in [5, 5.41) is 3.46. The van der Waals surface area contributed by atoms with Crippen LogP contribution in [0.5, 0.6) is 11.5 Å². The molecule has 5 rings (SSSR count). The van der Waals surface area contributed by atoms with Crippen LogP contribution in [0.1, 0.15) is 25.0 Å². The van der Waals surface area contributed by atoms with Crippen LogP contribution in [0, 0.1) is 0 Å². The van der Waals surface area contributed by atoms with Crippen LogP contribution >= 0.6 is 15.9 Å². The summed E-state index contributed by atoms with van der Waals surface area (Å²) in [6.45, 7) is 5.81. The molecule has 1 N–H and O–H groups in total. The molecule has 8 heteroatoms. The molecule has 4 atom stereocenters. The molecule has 3 aliphatic heterocycles. The second-order valence-corrected chi connectivity index (χ2v) is 9.18. The third kappa shape index (κ3) is 4.60. The van der Waals surface area contributed by atoms with E-state index in [1.807, 2.05) is 56.3 Å². The van der Waals surface area contributed by atoms with Crippen molar-refractivity contribution in [1.29, 1.82) is 0 Å². The number of hydrogen-bond donors (Lipinski definition) is 1. The van der Waals surface area contributed by atoms with Gasteiger partial charge in [0.2, 0.25) is 6.79 Å². The molecule has 0 aliphatic carbocycles. The molecule has 31 heavy (non-hydrogen) atoms. The second-order valence-electron chi connectivity index (χ2n) is 8.33. The van der Waals surface area contributed by atoms with Gasteiger partial charge in [-0.25, -0.2) is 0 Å². The van der Waals surface area contributed by atoms with Gasteiger partial charge in [-0.3, -0.25) is 0 Å². The predicted octanol–water partition coefficient (Wildman–Crippen LogP) is 3.73. The number of nitrogens with one attached hydrogen (secondary N) is 1. The molecule has 0 saturated carbocycles. The third-order valence-corrected chi connectivity index (χ3v) is 6.36. The first-order valence-electron chi connectivity index (χ1n) is 10.4. The summed E-state index contributed by atoms with van der Waals surface area (Å²) in [5.41, 5.74) is 2.19. The van der Waals surface area contributed by atoms with E-state index >= 15 is 0 Å². The minimum atomic E-state index is -0.685. The van der Waals surface area contributed by atoms with Gasteiger partial charge in [-0.1, -0.05) is 40.2 Å². The lowest BCUT2D eigenvalue weighted by atomic mass is 10.1. The number of benzene rings is 2. The number of halogens is 1. The van der Waals surface area contributed by atoms with Crippen LogP contribution in [0.25, 0.3) is 0 Å². The molecule has 0 amide bonds. The Hall–Kier alpha value is -1.68. The lowest BCUT2D eigenvalue weighted by Gasteiger charge is -2.26. The van der Waals surface area contributed by atoms with Crippen LogP contribution in [-0.2, 0) is 32.1 Å². The van der Waals surface area contributed by atoms with Crippen molar-refractivity contribution in [1.82, 2.24) is 5.32 Å². The molecule has 0 radical (unpaired) electrons. The Morgan fingerprint density at radius 2 is 1.94 bits per heavy atom. The van der Waals surface area contributed by atoms with Gasteiger partial charge in [0.05, 0.1) is 6.61 Å². The van der Waals surface area contributed by atoms with E-state index in [1.54, 1.807) is 0 Å². The molecule has 0 unspecified atom stereocenters. The standard InChI is InChI=1S/C23H26BrNO6/c1-23(2)30-21-20(26-12-15-5-3-4-6-16(15)24)19(29-22(21)31-23)11-25-10-14-7-8-17-18(9-14)28-13-27-17/h3-9,19-22,25H,10-13H2,1-2H3/t19-,20+,21-,22-/m1/s1. The van der Waals surface area contributed by atoms with E-state index in [1.165, 1.54) is 0 Å². The number of hydrogen-bond acceptors (Lipinski definition) is 7. The first kappa shape index (κ1) is 21.2. The van der Waals surface area contributed by atoms with E-state index in [2.05, 4.69) is 21.2 Å². The summed E-state index contributed by atoms with van der Waals surface area (Å²) in [6, 6.07) is 14.0. The molecule has 0 aromatic heterocycles. The summed E-state index contributed by atoms with van der Waals surface area (Å²) in [5.74, 6) is 0.882. The van der Waals surface area contributed by atoms with E-state index in [0.29, 0.717) is 19.7 Å². The summed E-state index contributed by atoms with van der Waals surface area (Å²) in [4.78, 5) is 0. The predicted molar refractivity (Wildman–Crippen MR) is 116 cm³/mol. The monoisotopic (exact) mass is 491 g/mol. The van der Waals surface area contributed by atoms with Gasteiger partial charge in [-0.05, 0) is 43.2 Å². The van der Waals surface area contributed by atoms with E-state index in [-0.39, 0.29) is 25.1 Å². The van der Waals surface area contributed by atoms with Gasteiger partial charge in [-0.15, -0.1) is 0 Å². The van der Waals surface area contributed by atoms with Gasteiger partial charge < -0.3 is 33.7 Å². The molecule has 3 aliphatic rings. The highest BCUT2D eigenvalue weighted by Crippen LogP contribution is 2.39.